The molecule has 1 heterocycles. The molecule has 0 saturated carbocycles. The van der Waals surface area contributed by atoms with Crippen LogP contribution in [0.2, 0.25) is 5.02 Å². The van der Waals surface area contributed by atoms with Crippen molar-refractivity contribution in [2.45, 2.75) is 27.4 Å². The number of carbonyl (C=O) groups excluding carboxylic acids is 1. The molecule has 2 N–H and O–H groups in total. The van der Waals surface area contributed by atoms with Crippen molar-refractivity contribution in [1.29, 1.82) is 0 Å². The zero-order chi connectivity index (χ0) is 23.6. The summed E-state index contributed by atoms with van der Waals surface area (Å²) in [5.41, 5.74) is 5.69. The summed E-state index contributed by atoms with van der Waals surface area (Å²) >= 11 is 7.12. The normalized spacial score (nSPS) is 10.4. The van der Waals surface area contributed by atoms with E-state index in [0.29, 0.717) is 63.5 Å². The highest BCUT2D eigenvalue weighted by Crippen LogP contribution is 2.40. The Hall–Kier alpha value is -3.24. The Balaban J connectivity index is 1.65. The number of halogens is 1. The second-order valence-corrected chi connectivity index (χ2v) is 7.89. The lowest BCUT2D eigenvalue weighted by Crippen LogP contribution is -2.29. The summed E-state index contributed by atoms with van der Waals surface area (Å²) in [6, 6.07) is 10.3. The van der Waals surface area contributed by atoms with Gasteiger partial charge >= 0.3 is 0 Å². The zero-order valence-electron chi connectivity index (χ0n) is 18.5. The molecule has 0 atom stereocenters. The van der Waals surface area contributed by atoms with E-state index in [1.807, 2.05) is 20.8 Å². The first-order valence-electron chi connectivity index (χ1n) is 10.4. The third kappa shape index (κ3) is 6.62. The molecule has 0 aliphatic carbocycles. The van der Waals surface area contributed by atoms with Gasteiger partial charge in [0.2, 0.25) is 10.9 Å². The maximum absolute atomic E-state index is 12.9. The Labute approximate surface area is 201 Å². The minimum atomic E-state index is -0.420. The standard InChI is InChI=1S/C22H25ClN4O5S/c1-4-29-17-12-11-16(19(30-5-2)20(17)31-6-3)21(28)25-27-22-26-24-18(33-22)13-32-15-9-7-14(23)8-10-15/h7-12H,4-6,13H2,1-3H3,(H,25,28)(H,26,27). The lowest BCUT2D eigenvalue weighted by atomic mass is 10.1. The predicted octanol–water partition coefficient (Wildman–Crippen LogP) is 4.72. The molecule has 0 aliphatic rings. The number of aromatic nitrogens is 2. The highest BCUT2D eigenvalue weighted by molar-refractivity contribution is 7.15. The molecule has 3 rings (SSSR count). The van der Waals surface area contributed by atoms with E-state index in [0.717, 1.165) is 0 Å². The third-order valence-electron chi connectivity index (χ3n) is 4.12. The van der Waals surface area contributed by atoms with Crippen LogP contribution in [0.3, 0.4) is 0 Å². The average Bonchev–Trinajstić information content (AvgIpc) is 3.27. The molecule has 2 aromatic carbocycles. The van der Waals surface area contributed by atoms with Gasteiger partial charge in [-0.1, -0.05) is 22.9 Å². The molecule has 0 aliphatic heterocycles. The molecule has 0 spiro atoms. The van der Waals surface area contributed by atoms with Crippen molar-refractivity contribution in [1.82, 2.24) is 15.6 Å². The summed E-state index contributed by atoms with van der Waals surface area (Å²) < 4.78 is 22.7. The van der Waals surface area contributed by atoms with Crippen LogP contribution < -0.4 is 29.8 Å². The molecule has 176 valence electrons. The van der Waals surface area contributed by atoms with Crippen molar-refractivity contribution >= 4 is 34.0 Å². The van der Waals surface area contributed by atoms with Crippen LogP contribution in [0, 0.1) is 0 Å². The molecule has 0 saturated heterocycles. The smallest absolute Gasteiger partial charge is 0.273 e. The van der Waals surface area contributed by atoms with Crippen molar-refractivity contribution in [2.75, 3.05) is 25.2 Å². The van der Waals surface area contributed by atoms with Gasteiger partial charge in [-0.2, -0.15) is 0 Å². The largest absolute Gasteiger partial charge is 0.490 e. The number of nitrogens with zero attached hydrogens (tertiary/aromatic N) is 2. The van der Waals surface area contributed by atoms with E-state index < -0.39 is 5.91 Å². The summed E-state index contributed by atoms with van der Waals surface area (Å²) in [7, 11) is 0. The Morgan fingerprint density at radius 1 is 0.909 bits per heavy atom. The van der Waals surface area contributed by atoms with Gasteiger partial charge in [0.15, 0.2) is 16.5 Å². The van der Waals surface area contributed by atoms with E-state index in [9.17, 15) is 4.79 Å². The number of amides is 1. The Morgan fingerprint density at radius 2 is 1.61 bits per heavy atom. The van der Waals surface area contributed by atoms with Gasteiger partial charge in [0.05, 0.1) is 25.4 Å². The van der Waals surface area contributed by atoms with Gasteiger partial charge in [-0.05, 0) is 57.2 Å². The van der Waals surface area contributed by atoms with Crippen molar-refractivity contribution in [3.63, 3.8) is 0 Å². The Bertz CT molecular complexity index is 1060. The highest BCUT2D eigenvalue weighted by Gasteiger charge is 2.22. The number of benzene rings is 2. The third-order valence-corrected chi connectivity index (χ3v) is 5.19. The van der Waals surface area contributed by atoms with Gasteiger partial charge in [-0.25, -0.2) is 0 Å². The SMILES string of the molecule is CCOc1ccc(C(=O)NNc2nnc(COc3ccc(Cl)cc3)s2)c(OCC)c1OCC. The van der Waals surface area contributed by atoms with Gasteiger partial charge < -0.3 is 18.9 Å². The summed E-state index contributed by atoms with van der Waals surface area (Å²) in [6.45, 7) is 7.00. The second-order valence-electron chi connectivity index (χ2n) is 6.39. The Morgan fingerprint density at radius 3 is 2.30 bits per heavy atom. The number of rotatable bonds is 12. The second kappa shape index (κ2) is 12.1. The van der Waals surface area contributed by atoms with Crippen LogP contribution in [0.15, 0.2) is 36.4 Å². The Kier molecular flexibility index (Phi) is 8.96. The monoisotopic (exact) mass is 492 g/mol. The van der Waals surface area contributed by atoms with Gasteiger partial charge in [0, 0.05) is 5.02 Å². The first kappa shape index (κ1) is 24.4. The lowest BCUT2D eigenvalue weighted by Gasteiger charge is -2.18. The quantitative estimate of drug-likeness (QED) is 0.350. The van der Waals surface area contributed by atoms with Crippen molar-refractivity contribution in [2.24, 2.45) is 0 Å². The van der Waals surface area contributed by atoms with Gasteiger partial charge in [-0.15, -0.1) is 10.2 Å². The van der Waals surface area contributed by atoms with Gasteiger partial charge in [0.25, 0.3) is 5.91 Å². The fraction of sp³-hybridized carbons (Fsp3) is 0.318. The van der Waals surface area contributed by atoms with Crippen LogP contribution in [0.25, 0.3) is 0 Å². The number of carbonyl (C=O) groups is 1. The van der Waals surface area contributed by atoms with Crippen LogP contribution in [-0.4, -0.2) is 35.9 Å². The van der Waals surface area contributed by atoms with E-state index in [2.05, 4.69) is 21.0 Å². The molecule has 0 fully saturated rings. The lowest BCUT2D eigenvalue weighted by molar-refractivity contribution is 0.0957. The maximum atomic E-state index is 12.9. The van der Waals surface area contributed by atoms with Crippen molar-refractivity contribution in [3.05, 3.63) is 52.0 Å². The minimum absolute atomic E-state index is 0.236. The number of hydrogen-bond acceptors (Lipinski definition) is 9. The summed E-state index contributed by atoms with van der Waals surface area (Å²) in [5.74, 6) is 1.48. The summed E-state index contributed by atoms with van der Waals surface area (Å²) in [6.07, 6.45) is 0. The molecule has 11 heteroatoms. The highest BCUT2D eigenvalue weighted by atomic mass is 35.5. The van der Waals surface area contributed by atoms with Crippen LogP contribution in [0.1, 0.15) is 36.1 Å². The average molecular weight is 493 g/mol. The fourth-order valence-electron chi connectivity index (χ4n) is 2.78. The van der Waals surface area contributed by atoms with E-state index in [1.54, 1.807) is 36.4 Å². The number of ether oxygens (including phenoxy) is 4. The molecule has 0 radical (unpaired) electrons. The van der Waals surface area contributed by atoms with Crippen LogP contribution in [0.4, 0.5) is 5.13 Å². The van der Waals surface area contributed by atoms with E-state index >= 15 is 0 Å². The van der Waals surface area contributed by atoms with Crippen molar-refractivity contribution < 1.29 is 23.7 Å². The first-order chi connectivity index (χ1) is 16.0. The minimum Gasteiger partial charge on any atom is -0.490 e. The molecular formula is C22H25ClN4O5S. The van der Waals surface area contributed by atoms with Gasteiger partial charge in [0.1, 0.15) is 12.4 Å². The van der Waals surface area contributed by atoms with E-state index in [1.165, 1.54) is 11.3 Å². The topological polar surface area (TPSA) is 104 Å². The molecule has 1 aromatic heterocycles. The fourth-order valence-corrected chi connectivity index (χ4v) is 3.51. The number of hydrazine groups is 1. The summed E-state index contributed by atoms with van der Waals surface area (Å²) in [5, 5.41) is 9.76. The van der Waals surface area contributed by atoms with E-state index in [-0.39, 0.29) is 6.61 Å². The zero-order valence-corrected chi connectivity index (χ0v) is 20.1. The van der Waals surface area contributed by atoms with E-state index in [4.69, 9.17) is 30.5 Å². The maximum Gasteiger partial charge on any atom is 0.273 e. The van der Waals surface area contributed by atoms with Crippen LogP contribution in [0.5, 0.6) is 23.0 Å². The first-order valence-corrected chi connectivity index (χ1v) is 11.6. The molecule has 3 aromatic rings. The number of nitrogens with one attached hydrogen (secondary N) is 2. The summed E-state index contributed by atoms with van der Waals surface area (Å²) in [4.78, 5) is 12.9. The van der Waals surface area contributed by atoms with Crippen molar-refractivity contribution in [3.8, 4) is 23.0 Å². The molecule has 0 bridgehead atoms. The van der Waals surface area contributed by atoms with Crippen LogP contribution in [-0.2, 0) is 6.61 Å². The molecular weight excluding hydrogens is 468 g/mol. The number of hydrogen-bond donors (Lipinski definition) is 2. The predicted molar refractivity (Wildman–Crippen MR) is 127 cm³/mol. The number of anilines is 1. The molecule has 1 amide bonds. The molecule has 0 unspecified atom stereocenters. The van der Waals surface area contributed by atoms with Crippen LogP contribution >= 0.6 is 22.9 Å². The van der Waals surface area contributed by atoms with Gasteiger partial charge in [-0.3, -0.25) is 15.6 Å². The molecule has 33 heavy (non-hydrogen) atoms. The molecule has 9 nitrogen and oxygen atoms in total.